The smallest absolute Gasteiger partial charge is 0.243 e. The van der Waals surface area contributed by atoms with Gasteiger partial charge in [0.15, 0.2) is 0 Å². The van der Waals surface area contributed by atoms with E-state index in [0.717, 1.165) is 36.4 Å². The lowest BCUT2D eigenvalue weighted by Crippen LogP contribution is -2.37. The Bertz CT molecular complexity index is 739. The van der Waals surface area contributed by atoms with Gasteiger partial charge in [-0.25, -0.2) is 0 Å². The Labute approximate surface area is 143 Å². The maximum Gasteiger partial charge on any atom is 0.243 e. The van der Waals surface area contributed by atoms with E-state index in [9.17, 15) is 4.79 Å². The van der Waals surface area contributed by atoms with Gasteiger partial charge in [-0.15, -0.1) is 0 Å². The molecule has 2 aromatic rings. The fraction of sp³-hybridized carbons (Fsp3) is 0.350. The third kappa shape index (κ3) is 3.53. The van der Waals surface area contributed by atoms with Gasteiger partial charge in [0.05, 0.1) is 6.54 Å². The predicted octanol–water partition coefficient (Wildman–Crippen LogP) is 3.78. The molecule has 3 rings (SSSR count). The molecule has 2 aromatic carbocycles. The maximum absolute atomic E-state index is 12.5. The van der Waals surface area contributed by atoms with Crippen molar-refractivity contribution < 1.29 is 4.79 Å². The van der Waals surface area contributed by atoms with E-state index in [1.165, 1.54) is 11.1 Å². The molecule has 0 radical (unpaired) electrons. The summed E-state index contributed by atoms with van der Waals surface area (Å²) in [7, 11) is 0. The number of nitrogens with zero attached hydrogens (tertiary/aromatic N) is 1. The summed E-state index contributed by atoms with van der Waals surface area (Å²) < 4.78 is 0. The van der Waals surface area contributed by atoms with Crippen molar-refractivity contribution >= 4 is 23.0 Å². The first-order chi connectivity index (χ1) is 11.5. The molecule has 0 spiro atoms. The number of benzene rings is 2. The molecule has 1 aliphatic heterocycles. The number of carbonyl (C=O) groups excluding carboxylic acids is 1. The summed E-state index contributed by atoms with van der Waals surface area (Å²) in [6.45, 7) is 5.53. The number of nitrogen functional groups attached to an aromatic ring is 1. The lowest BCUT2D eigenvalue weighted by atomic mass is 10.00. The Hall–Kier alpha value is -2.49. The number of carbonyl (C=O) groups is 1. The van der Waals surface area contributed by atoms with Crippen LogP contribution in [0.1, 0.15) is 37.3 Å². The molecule has 1 amide bonds. The normalized spacial score (nSPS) is 13.7. The molecular formula is C20H25N3O. The summed E-state index contributed by atoms with van der Waals surface area (Å²) in [5, 5.41) is 3.02. The van der Waals surface area contributed by atoms with Gasteiger partial charge in [-0.2, -0.15) is 0 Å². The molecule has 0 aromatic heterocycles. The van der Waals surface area contributed by atoms with E-state index in [1.807, 2.05) is 30.3 Å². The monoisotopic (exact) mass is 323 g/mol. The second-order valence-electron chi connectivity index (χ2n) is 6.70. The number of hydrogen-bond acceptors (Lipinski definition) is 3. The van der Waals surface area contributed by atoms with Crippen LogP contribution in [0.3, 0.4) is 0 Å². The number of nitrogens with one attached hydrogen (secondary N) is 1. The van der Waals surface area contributed by atoms with Gasteiger partial charge >= 0.3 is 0 Å². The molecule has 0 fully saturated rings. The largest absolute Gasteiger partial charge is 0.398 e. The van der Waals surface area contributed by atoms with E-state index >= 15 is 0 Å². The summed E-state index contributed by atoms with van der Waals surface area (Å²) in [6, 6.07) is 14.0. The van der Waals surface area contributed by atoms with Gasteiger partial charge < -0.3 is 16.0 Å². The van der Waals surface area contributed by atoms with Crippen LogP contribution in [0.2, 0.25) is 0 Å². The second-order valence-corrected chi connectivity index (χ2v) is 6.70. The summed E-state index contributed by atoms with van der Waals surface area (Å²) in [4.78, 5) is 14.6. The van der Waals surface area contributed by atoms with Gasteiger partial charge in [-0.05, 0) is 54.2 Å². The van der Waals surface area contributed by atoms with Crippen LogP contribution in [-0.4, -0.2) is 19.0 Å². The average molecular weight is 323 g/mol. The van der Waals surface area contributed by atoms with Crippen LogP contribution in [0, 0.1) is 0 Å². The van der Waals surface area contributed by atoms with Crippen molar-refractivity contribution in [2.45, 2.75) is 32.6 Å². The van der Waals surface area contributed by atoms with Crippen LogP contribution in [0.5, 0.6) is 0 Å². The summed E-state index contributed by atoms with van der Waals surface area (Å²) in [5.74, 6) is 0.449. The number of fused-ring (bicyclic) bond motifs is 1. The number of amides is 1. The van der Waals surface area contributed by atoms with E-state index in [0.29, 0.717) is 12.5 Å². The van der Waals surface area contributed by atoms with Crippen molar-refractivity contribution in [2.75, 3.05) is 29.0 Å². The molecule has 0 saturated heterocycles. The third-order valence-corrected chi connectivity index (χ3v) is 4.55. The third-order valence-electron chi connectivity index (χ3n) is 4.55. The second kappa shape index (κ2) is 6.95. The first kappa shape index (κ1) is 16.4. The molecule has 0 atom stereocenters. The Kier molecular flexibility index (Phi) is 4.74. The Morgan fingerprint density at radius 1 is 1.25 bits per heavy atom. The van der Waals surface area contributed by atoms with E-state index in [2.05, 4.69) is 36.2 Å². The van der Waals surface area contributed by atoms with E-state index in [1.54, 1.807) is 0 Å². The Morgan fingerprint density at radius 3 is 2.83 bits per heavy atom. The van der Waals surface area contributed by atoms with Crippen molar-refractivity contribution in [3.63, 3.8) is 0 Å². The highest BCUT2D eigenvalue weighted by Crippen LogP contribution is 2.31. The molecule has 0 unspecified atom stereocenters. The van der Waals surface area contributed by atoms with E-state index in [4.69, 9.17) is 5.73 Å². The Balaban J connectivity index is 1.70. The summed E-state index contributed by atoms with van der Waals surface area (Å²) in [6.07, 6.45) is 2.01. The molecule has 24 heavy (non-hydrogen) atoms. The van der Waals surface area contributed by atoms with E-state index in [-0.39, 0.29) is 5.91 Å². The van der Waals surface area contributed by atoms with Crippen LogP contribution in [-0.2, 0) is 11.2 Å². The topological polar surface area (TPSA) is 58.4 Å². The lowest BCUT2D eigenvalue weighted by molar-refractivity contribution is -0.115. The molecule has 0 saturated carbocycles. The highest BCUT2D eigenvalue weighted by molar-refractivity contribution is 5.94. The van der Waals surface area contributed by atoms with Gasteiger partial charge in [0.25, 0.3) is 0 Å². The average Bonchev–Trinajstić information content (AvgIpc) is 2.56. The predicted molar refractivity (Wildman–Crippen MR) is 101 cm³/mol. The minimum absolute atomic E-state index is 0.00572. The van der Waals surface area contributed by atoms with Crippen molar-refractivity contribution in [1.82, 2.24) is 0 Å². The first-order valence-corrected chi connectivity index (χ1v) is 8.56. The highest BCUT2D eigenvalue weighted by atomic mass is 16.2. The molecule has 3 N–H and O–H groups in total. The molecule has 1 aliphatic rings. The maximum atomic E-state index is 12.5. The number of nitrogens with two attached hydrogens (primary N) is 1. The minimum Gasteiger partial charge on any atom is -0.398 e. The molecule has 0 bridgehead atoms. The van der Waals surface area contributed by atoms with Crippen LogP contribution in [0.25, 0.3) is 0 Å². The van der Waals surface area contributed by atoms with Crippen LogP contribution in [0.4, 0.5) is 17.1 Å². The van der Waals surface area contributed by atoms with Crippen molar-refractivity contribution in [1.29, 1.82) is 0 Å². The number of anilines is 3. The van der Waals surface area contributed by atoms with Crippen molar-refractivity contribution in [2.24, 2.45) is 0 Å². The minimum atomic E-state index is 0.00572. The van der Waals surface area contributed by atoms with Crippen LogP contribution < -0.4 is 16.0 Å². The first-order valence-electron chi connectivity index (χ1n) is 8.56. The molecule has 0 aliphatic carbocycles. The number of rotatable bonds is 4. The standard InChI is InChI=1S/C20H25N3O/c1-14(2)15-6-3-7-16(12-15)22-20(24)13-23-11-5-8-17-18(21)9-4-10-19(17)23/h3-4,6-7,9-10,12,14H,5,8,11,13,21H2,1-2H3,(H,22,24). The van der Waals surface area contributed by atoms with E-state index < -0.39 is 0 Å². The summed E-state index contributed by atoms with van der Waals surface area (Å²) >= 11 is 0. The lowest BCUT2D eigenvalue weighted by Gasteiger charge is -2.31. The van der Waals surface area contributed by atoms with Gasteiger partial charge in [0.1, 0.15) is 0 Å². The highest BCUT2D eigenvalue weighted by Gasteiger charge is 2.20. The van der Waals surface area contributed by atoms with Crippen molar-refractivity contribution in [3.05, 3.63) is 53.6 Å². The fourth-order valence-electron chi connectivity index (χ4n) is 3.24. The van der Waals surface area contributed by atoms with Crippen LogP contribution >= 0.6 is 0 Å². The van der Waals surface area contributed by atoms with Gasteiger partial charge in [-0.1, -0.05) is 32.0 Å². The van der Waals surface area contributed by atoms with Crippen LogP contribution in [0.15, 0.2) is 42.5 Å². The summed E-state index contributed by atoms with van der Waals surface area (Å²) in [5.41, 5.74) is 11.2. The molecular weight excluding hydrogens is 298 g/mol. The molecule has 4 nitrogen and oxygen atoms in total. The molecule has 1 heterocycles. The van der Waals surface area contributed by atoms with Gasteiger partial charge in [0.2, 0.25) is 5.91 Å². The van der Waals surface area contributed by atoms with Gasteiger partial charge in [0, 0.05) is 23.6 Å². The zero-order valence-electron chi connectivity index (χ0n) is 14.4. The van der Waals surface area contributed by atoms with Gasteiger partial charge in [-0.3, -0.25) is 4.79 Å². The zero-order valence-corrected chi connectivity index (χ0v) is 14.4. The molecule has 4 heteroatoms. The quantitative estimate of drug-likeness (QED) is 0.842. The molecule has 126 valence electrons. The number of hydrogen-bond donors (Lipinski definition) is 2. The fourth-order valence-corrected chi connectivity index (χ4v) is 3.24. The zero-order chi connectivity index (χ0) is 17.1. The Morgan fingerprint density at radius 2 is 2.04 bits per heavy atom. The SMILES string of the molecule is CC(C)c1cccc(NC(=O)CN2CCCc3c(N)cccc32)c1. The van der Waals surface area contributed by atoms with Crippen molar-refractivity contribution in [3.8, 4) is 0 Å².